The number of nitrogens with zero attached hydrogens (tertiary/aromatic N) is 1. The molecule has 2 aromatic carbocycles. The van der Waals surface area contributed by atoms with Crippen LogP contribution in [-0.2, 0) is 21.2 Å². The Balaban J connectivity index is 1.84. The van der Waals surface area contributed by atoms with Gasteiger partial charge in [0.1, 0.15) is 6.04 Å². The SMILES string of the molecule is Cc1ccc(C)c(S(=O)(=O)NC(CCc2ccccc2Cl)C(=O)N2CCC(C)CC2)c1. The molecule has 168 valence electrons. The van der Waals surface area contributed by atoms with Crippen LogP contribution in [0.15, 0.2) is 47.4 Å². The summed E-state index contributed by atoms with van der Waals surface area (Å²) >= 11 is 6.29. The van der Waals surface area contributed by atoms with Crippen molar-refractivity contribution in [2.75, 3.05) is 13.1 Å². The zero-order valence-corrected chi connectivity index (χ0v) is 20.0. The van der Waals surface area contributed by atoms with E-state index in [0.29, 0.717) is 42.4 Å². The molecule has 0 radical (unpaired) electrons. The number of hydrogen-bond donors (Lipinski definition) is 1. The highest BCUT2D eigenvalue weighted by molar-refractivity contribution is 7.89. The highest BCUT2D eigenvalue weighted by Crippen LogP contribution is 2.22. The predicted molar refractivity (Wildman–Crippen MR) is 125 cm³/mol. The van der Waals surface area contributed by atoms with E-state index in [0.717, 1.165) is 24.0 Å². The molecule has 2 aromatic rings. The Morgan fingerprint density at radius 3 is 2.52 bits per heavy atom. The number of amides is 1. The summed E-state index contributed by atoms with van der Waals surface area (Å²) in [5.74, 6) is 0.421. The van der Waals surface area contributed by atoms with Gasteiger partial charge in [-0.1, -0.05) is 48.9 Å². The fraction of sp³-hybridized carbons (Fsp3) is 0.458. The summed E-state index contributed by atoms with van der Waals surface area (Å²) in [6.07, 6.45) is 2.73. The summed E-state index contributed by atoms with van der Waals surface area (Å²) in [6.45, 7) is 7.12. The molecule has 1 aliphatic rings. The van der Waals surface area contributed by atoms with Crippen LogP contribution >= 0.6 is 11.6 Å². The molecule has 1 N–H and O–H groups in total. The van der Waals surface area contributed by atoms with Gasteiger partial charge in [-0.15, -0.1) is 0 Å². The lowest BCUT2D eigenvalue weighted by molar-refractivity contribution is -0.134. The Morgan fingerprint density at radius 1 is 1.16 bits per heavy atom. The minimum absolute atomic E-state index is 0.159. The number of rotatable bonds is 7. The third-order valence-corrected chi connectivity index (χ3v) is 7.97. The molecule has 1 amide bonds. The van der Waals surface area contributed by atoms with Crippen molar-refractivity contribution in [3.8, 4) is 0 Å². The van der Waals surface area contributed by atoms with Crippen molar-refractivity contribution < 1.29 is 13.2 Å². The van der Waals surface area contributed by atoms with E-state index in [1.165, 1.54) is 0 Å². The highest BCUT2D eigenvalue weighted by Gasteiger charge is 2.31. The number of sulfonamides is 1. The van der Waals surface area contributed by atoms with E-state index in [1.807, 2.05) is 31.2 Å². The number of hydrogen-bond acceptors (Lipinski definition) is 3. The molecule has 1 unspecified atom stereocenters. The minimum atomic E-state index is -3.85. The van der Waals surface area contributed by atoms with Crippen molar-refractivity contribution in [2.24, 2.45) is 5.92 Å². The second kappa shape index (κ2) is 10.2. The molecule has 0 spiro atoms. The summed E-state index contributed by atoms with van der Waals surface area (Å²) in [5.41, 5.74) is 2.41. The maximum Gasteiger partial charge on any atom is 0.241 e. The van der Waals surface area contributed by atoms with E-state index in [9.17, 15) is 13.2 Å². The maximum absolute atomic E-state index is 13.3. The van der Waals surface area contributed by atoms with E-state index in [2.05, 4.69) is 11.6 Å². The van der Waals surface area contributed by atoms with Crippen LogP contribution in [0.25, 0.3) is 0 Å². The second-order valence-corrected chi connectivity index (χ2v) is 10.7. The Bertz CT molecular complexity index is 1030. The van der Waals surface area contributed by atoms with Crippen LogP contribution in [0.3, 0.4) is 0 Å². The van der Waals surface area contributed by atoms with Crippen LogP contribution in [0.2, 0.25) is 5.02 Å². The first-order valence-electron chi connectivity index (χ1n) is 10.8. The fourth-order valence-electron chi connectivity index (χ4n) is 3.93. The zero-order chi connectivity index (χ0) is 22.6. The summed E-state index contributed by atoms with van der Waals surface area (Å²) in [4.78, 5) is 15.4. The number of likely N-dealkylation sites (tertiary alicyclic amines) is 1. The Hall–Kier alpha value is -1.89. The van der Waals surface area contributed by atoms with Crippen LogP contribution in [0.5, 0.6) is 0 Å². The minimum Gasteiger partial charge on any atom is -0.341 e. The molecule has 1 fully saturated rings. The number of carbonyl (C=O) groups is 1. The van der Waals surface area contributed by atoms with Crippen LogP contribution in [0, 0.1) is 19.8 Å². The summed E-state index contributed by atoms with van der Waals surface area (Å²) in [5, 5.41) is 0.623. The van der Waals surface area contributed by atoms with E-state index < -0.39 is 16.1 Å². The second-order valence-electron chi connectivity index (χ2n) is 8.58. The number of piperidine rings is 1. The van der Waals surface area contributed by atoms with Crippen molar-refractivity contribution >= 4 is 27.5 Å². The zero-order valence-electron chi connectivity index (χ0n) is 18.4. The molecule has 1 saturated heterocycles. The lowest BCUT2D eigenvalue weighted by Crippen LogP contribution is -2.50. The van der Waals surface area contributed by atoms with Gasteiger partial charge >= 0.3 is 0 Å². The van der Waals surface area contributed by atoms with Gasteiger partial charge in [-0.25, -0.2) is 8.42 Å². The number of carbonyl (C=O) groups excluding carboxylic acids is 1. The quantitative estimate of drug-likeness (QED) is 0.659. The Labute approximate surface area is 190 Å². The van der Waals surface area contributed by atoms with Crippen LogP contribution < -0.4 is 4.72 Å². The molecule has 0 saturated carbocycles. The molecule has 3 rings (SSSR count). The molecule has 0 aromatic heterocycles. The summed E-state index contributed by atoms with van der Waals surface area (Å²) < 4.78 is 29.2. The van der Waals surface area contributed by atoms with Crippen LogP contribution in [-0.4, -0.2) is 38.4 Å². The summed E-state index contributed by atoms with van der Waals surface area (Å²) in [7, 11) is -3.85. The monoisotopic (exact) mass is 462 g/mol. The molecule has 31 heavy (non-hydrogen) atoms. The van der Waals surface area contributed by atoms with Gasteiger partial charge in [0.05, 0.1) is 4.90 Å². The van der Waals surface area contributed by atoms with Gasteiger partial charge < -0.3 is 4.90 Å². The van der Waals surface area contributed by atoms with Crippen LogP contribution in [0.4, 0.5) is 0 Å². The average molecular weight is 463 g/mol. The lowest BCUT2D eigenvalue weighted by Gasteiger charge is -2.33. The third kappa shape index (κ3) is 6.09. The van der Waals surface area contributed by atoms with E-state index in [-0.39, 0.29) is 10.8 Å². The predicted octanol–water partition coefficient (Wildman–Crippen LogP) is 4.50. The van der Waals surface area contributed by atoms with Crippen molar-refractivity contribution in [1.29, 1.82) is 0 Å². The number of halogens is 1. The Kier molecular flexibility index (Phi) is 7.78. The standard InChI is InChI=1S/C24H31ClN2O3S/c1-17-12-14-27(15-13-17)24(28)22(11-10-20-6-4-5-7-21(20)25)26-31(29,30)23-16-18(2)8-9-19(23)3/h4-9,16-17,22,26H,10-15H2,1-3H3. The van der Waals surface area contributed by atoms with Gasteiger partial charge in [-0.05, 0) is 74.3 Å². The van der Waals surface area contributed by atoms with E-state index in [1.54, 1.807) is 30.0 Å². The highest BCUT2D eigenvalue weighted by atomic mass is 35.5. The van der Waals surface area contributed by atoms with Gasteiger partial charge in [0, 0.05) is 18.1 Å². The van der Waals surface area contributed by atoms with Gasteiger partial charge in [0.25, 0.3) is 0 Å². The topological polar surface area (TPSA) is 66.5 Å². The molecular formula is C24H31ClN2O3S. The van der Waals surface area contributed by atoms with E-state index in [4.69, 9.17) is 11.6 Å². The largest absolute Gasteiger partial charge is 0.341 e. The van der Waals surface area contributed by atoms with Gasteiger partial charge in [-0.3, -0.25) is 4.79 Å². The maximum atomic E-state index is 13.3. The molecule has 7 heteroatoms. The number of aryl methyl sites for hydroxylation is 3. The van der Waals surface area contributed by atoms with Crippen molar-refractivity contribution in [1.82, 2.24) is 9.62 Å². The van der Waals surface area contributed by atoms with Gasteiger partial charge in [0.15, 0.2) is 0 Å². The van der Waals surface area contributed by atoms with Crippen molar-refractivity contribution in [2.45, 2.75) is 57.4 Å². The van der Waals surface area contributed by atoms with Crippen LogP contribution in [0.1, 0.15) is 42.9 Å². The first-order chi connectivity index (χ1) is 14.7. The molecule has 1 heterocycles. The summed E-state index contributed by atoms with van der Waals surface area (Å²) in [6, 6.07) is 11.9. The van der Waals surface area contributed by atoms with E-state index >= 15 is 0 Å². The molecule has 0 aliphatic carbocycles. The number of benzene rings is 2. The number of nitrogens with one attached hydrogen (secondary N) is 1. The molecule has 5 nitrogen and oxygen atoms in total. The first-order valence-corrected chi connectivity index (χ1v) is 12.7. The molecular weight excluding hydrogens is 432 g/mol. The molecule has 1 atom stereocenters. The van der Waals surface area contributed by atoms with Gasteiger partial charge in [-0.2, -0.15) is 4.72 Å². The first kappa shape index (κ1) is 23.8. The van der Waals surface area contributed by atoms with Gasteiger partial charge in [0.2, 0.25) is 15.9 Å². The Morgan fingerprint density at radius 2 is 1.84 bits per heavy atom. The van der Waals surface area contributed by atoms with Crippen molar-refractivity contribution in [3.63, 3.8) is 0 Å². The average Bonchev–Trinajstić information content (AvgIpc) is 2.74. The van der Waals surface area contributed by atoms with Crippen molar-refractivity contribution in [3.05, 3.63) is 64.2 Å². The normalized spacial score (nSPS) is 16.3. The smallest absolute Gasteiger partial charge is 0.241 e. The fourth-order valence-corrected chi connectivity index (χ4v) is 5.71. The lowest BCUT2D eigenvalue weighted by atomic mass is 9.98. The third-order valence-electron chi connectivity index (χ3n) is 5.98. The molecule has 0 bridgehead atoms. The molecule has 1 aliphatic heterocycles.